The largest absolute Gasteiger partial charge is 0.454 e. The van der Waals surface area contributed by atoms with Crippen LogP contribution >= 0.6 is 11.8 Å². The first-order valence-electron chi connectivity index (χ1n) is 9.89. The molecule has 1 atom stereocenters. The maximum Gasteiger partial charge on any atom is 0.238 e. The van der Waals surface area contributed by atoms with Gasteiger partial charge in [0.2, 0.25) is 18.6 Å². The number of amides is 2. The van der Waals surface area contributed by atoms with Gasteiger partial charge in [-0.3, -0.25) is 14.5 Å². The first-order valence-corrected chi connectivity index (χ1v) is 10.9. The van der Waals surface area contributed by atoms with E-state index in [1.54, 1.807) is 16.7 Å². The molecule has 1 saturated heterocycles. The second kappa shape index (κ2) is 8.78. The minimum absolute atomic E-state index is 0.0263. The number of hydrogen-bond acceptors (Lipinski definition) is 5. The molecule has 2 aliphatic rings. The Bertz CT molecular complexity index is 917. The predicted molar refractivity (Wildman–Crippen MR) is 114 cm³/mol. The number of carbonyl (C=O) groups excluding carboxylic acids is 2. The summed E-state index contributed by atoms with van der Waals surface area (Å²) in [6, 6.07) is 13.3. The number of anilines is 2. The van der Waals surface area contributed by atoms with Crippen LogP contribution in [0.15, 0.2) is 42.5 Å². The molecule has 0 radical (unpaired) electrons. The van der Waals surface area contributed by atoms with Crippen LogP contribution in [0.5, 0.6) is 11.5 Å². The Labute approximate surface area is 174 Å². The quantitative estimate of drug-likeness (QED) is 0.667. The smallest absolute Gasteiger partial charge is 0.238 e. The maximum absolute atomic E-state index is 12.6. The second-order valence-electron chi connectivity index (χ2n) is 7.10. The number of benzene rings is 2. The highest BCUT2D eigenvalue weighted by Gasteiger charge is 2.35. The molecule has 152 valence electrons. The summed E-state index contributed by atoms with van der Waals surface area (Å²) < 4.78 is 10.8. The van der Waals surface area contributed by atoms with Crippen molar-refractivity contribution in [1.29, 1.82) is 0 Å². The van der Waals surface area contributed by atoms with Crippen molar-refractivity contribution in [2.45, 2.75) is 38.0 Å². The third-order valence-electron chi connectivity index (χ3n) is 4.97. The zero-order valence-electron chi connectivity index (χ0n) is 16.3. The summed E-state index contributed by atoms with van der Waals surface area (Å²) in [6.07, 6.45) is 3.56. The van der Waals surface area contributed by atoms with Gasteiger partial charge in [-0.2, -0.15) is 0 Å². The van der Waals surface area contributed by atoms with Gasteiger partial charge in [0, 0.05) is 23.9 Å². The Morgan fingerprint density at radius 2 is 2.03 bits per heavy atom. The third-order valence-corrected chi connectivity index (χ3v) is 6.18. The maximum atomic E-state index is 12.6. The minimum Gasteiger partial charge on any atom is -0.454 e. The molecular weight excluding hydrogens is 388 g/mol. The molecule has 2 aromatic rings. The molecule has 0 spiro atoms. The van der Waals surface area contributed by atoms with Crippen molar-refractivity contribution < 1.29 is 19.1 Å². The normalized spacial score (nSPS) is 17.6. The van der Waals surface area contributed by atoms with E-state index in [0.29, 0.717) is 23.7 Å². The standard InChI is InChI=1S/C22H24N2O4S/c1-2-3-4-8-20(25)23-16-7-5-6-15(11-16)22-24(21(26)13-29-22)17-9-10-18-19(12-17)28-14-27-18/h5-7,9-12,22H,2-4,8,13-14H2,1H3,(H,23,25). The van der Waals surface area contributed by atoms with Gasteiger partial charge in [-0.05, 0) is 36.2 Å². The Morgan fingerprint density at radius 1 is 1.17 bits per heavy atom. The second-order valence-corrected chi connectivity index (χ2v) is 8.16. The number of nitrogens with zero attached hydrogens (tertiary/aromatic N) is 1. The number of thioether (sulfide) groups is 1. The lowest BCUT2D eigenvalue weighted by atomic mass is 10.1. The molecule has 0 aliphatic carbocycles. The van der Waals surface area contributed by atoms with E-state index in [4.69, 9.17) is 9.47 Å². The van der Waals surface area contributed by atoms with Crippen molar-refractivity contribution in [1.82, 2.24) is 0 Å². The summed E-state index contributed by atoms with van der Waals surface area (Å²) in [6.45, 7) is 2.32. The molecule has 4 rings (SSSR count). The van der Waals surface area contributed by atoms with E-state index in [2.05, 4.69) is 12.2 Å². The highest BCUT2D eigenvalue weighted by Crippen LogP contribution is 2.45. The Morgan fingerprint density at radius 3 is 2.90 bits per heavy atom. The van der Waals surface area contributed by atoms with Gasteiger partial charge < -0.3 is 14.8 Å². The van der Waals surface area contributed by atoms with Gasteiger partial charge >= 0.3 is 0 Å². The van der Waals surface area contributed by atoms with Gasteiger partial charge in [0.05, 0.1) is 5.75 Å². The molecule has 7 heteroatoms. The highest BCUT2D eigenvalue weighted by molar-refractivity contribution is 8.00. The van der Waals surface area contributed by atoms with E-state index in [-0.39, 0.29) is 24.0 Å². The molecule has 2 aromatic carbocycles. The molecule has 2 heterocycles. The van der Waals surface area contributed by atoms with Crippen LogP contribution in [0.4, 0.5) is 11.4 Å². The van der Waals surface area contributed by atoms with Crippen LogP contribution in [-0.2, 0) is 9.59 Å². The molecule has 2 amide bonds. The monoisotopic (exact) mass is 412 g/mol. The van der Waals surface area contributed by atoms with E-state index in [1.165, 1.54) is 0 Å². The topological polar surface area (TPSA) is 67.9 Å². The number of unbranched alkanes of at least 4 members (excludes halogenated alkanes) is 2. The van der Waals surface area contributed by atoms with Crippen molar-refractivity contribution in [3.05, 3.63) is 48.0 Å². The third kappa shape index (κ3) is 4.34. The number of nitrogens with one attached hydrogen (secondary N) is 1. The predicted octanol–water partition coefficient (Wildman–Crippen LogP) is 4.71. The van der Waals surface area contributed by atoms with E-state index in [9.17, 15) is 9.59 Å². The summed E-state index contributed by atoms with van der Waals surface area (Å²) in [4.78, 5) is 26.6. The summed E-state index contributed by atoms with van der Waals surface area (Å²) in [5, 5.41) is 2.82. The van der Waals surface area contributed by atoms with Crippen LogP contribution in [0.25, 0.3) is 0 Å². The fourth-order valence-corrected chi connectivity index (χ4v) is 4.68. The van der Waals surface area contributed by atoms with Crippen LogP contribution in [0.1, 0.15) is 43.5 Å². The summed E-state index contributed by atoms with van der Waals surface area (Å²) in [7, 11) is 0. The van der Waals surface area contributed by atoms with Crippen LogP contribution in [0, 0.1) is 0 Å². The molecule has 0 bridgehead atoms. The van der Waals surface area contributed by atoms with Crippen molar-refractivity contribution in [3.8, 4) is 11.5 Å². The van der Waals surface area contributed by atoms with Crippen molar-refractivity contribution in [2.75, 3.05) is 22.8 Å². The van der Waals surface area contributed by atoms with E-state index >= 15 is 0 Å². The Kier molecular flexibility index (Phi) is 5.94. The lowest BCUT2D eigenvalue weighted by molar-refractivity contribution is -0.117. The lowest BCUT2D eigenvalue weighted by Crippen LogP contribution is -2.27. The van der Waals surface area contributed by atoms with Gasteiger partial charge in [-0.15, -0.1) is 11.8 Å². The lowest BCUT2D eigenvalue weighted by Gasteiger charge is -2.25. The fourth-order valence-electron chi connectivity index (χ4n) is 3.51. The highest BCUT2D eigenvalue weighted by atomic mass is 32.2. The van der Waals surface area contributed by atoms with Crippen molar-refractivity contribution in [3.63, 3.8) is 0 Å². The molecular formula is C22H24N2O4S. The van der Waals surface area contributed by atoms with Crippen molar-refractivity contribution >= 4 is 35.0 Å². The SMILES string of the molecule is CCCCCC(=O)Nc1cccc(C2SCC(=O)N2c2ccc3c(c2)OCO3)c1. The number of ether oxygens (including phenoxy) is 2. The van der Waals surface area contributed by atoms with Crippen LogP contribution in [-0.4, -0.2) is 24.4 Å². The van der Waals surface area contributed by atoms with Crippen LogP contribution < -0.4 is 19.7 Å². The average Bonchev–Trinajstić information content (AvgIpc) is 3.34. The first-order chi connectivity index (χ1) is 14.2. The fraction of sp³-hybridized carbons (Fsp3) is 0.364. The molecule has 1 unspecified atom stereocenters. The average molecular weight is 413 g/mol. The van der Waals surface area contributed by atoms with Gasteiger partial charge in [0.1, 0.15) is 5.37 Å². The Hall–Kier alpha value is -2.67. The van der Waals surface area contributed by atoms with Gasteiger partial charge in [0.15, 0.2) is 11.5 Å². The molecule has 0 saturated carbocycles. The van der Waals surface area contributed by atoms with Gasteiger partial charge in [0.25, 0.3) is 0 Å². The molecule has 0 aromatic heterocycles. The molecule has 1 N–H and O–H groups in total. The number of rotatable bonds is 7. The number of hydrogen-bond donors (Lipinski definition) is 1. The molecule has 6 nitrogen and oxygen atoms in total. The van der Waals surface area contributed by atoms with Crippen LogP contribution in [0.2, 0.25) is 0 Å². The van der Waals surface area contributed by atoms with E-state index in [0.717, 1.165) is 36.2 Å². The molecule has 2 aliphatic heterocycles. The number of carbonyl (C=O) groups is 2. The summed E-state index contributed by atoms with van der Waals surface area (Å²) in [5.41, 5.74) is 2.52. The zero-order valence-corrected chi connectivity index (χ0v) is 17.2. The van der Waals surface area contributed by atoms with E-state index < -0.39 is 0 Å². The Balaban J connectivity index is 1.52. The van der Waals surface area contributed by atoms with E-state index in [1.807, 2.05) is 42.5 Å². The number of fused-ring (bicyclic) bond motifs is 1. The van der Waals surface area contributed by atoms with Gasteiger partial charge in [-0.25, -0.2) is 0 Å². The minimum atomic E-state index is -0.153. The van der Waals surface area contributed by atoms with Gasteiger partial charge in [-0.1, -0.05) is 31.9 Å². The summed E-state index contributed by atoms with van der Waals surface area (Å²) in [5.74, 6) is 1.83. The zero-order chi connectivity index (χ0) is 20.2. The van der Waals surface area contributed by atoms with Crippen molar-refractivity contribution in [2.24, 2.45) is 0 Å². The van der Waals surface area contributed by atoms with Crippen LogP contribution in [0.3, 0.4) is 0 Å². The first kappa shape index (κ1) is 19.6. The molecule has 1 fully saturated rings. The summed E-state index contributed by atoms with van der Waals surface area (Å²) >= 11 is 1.58. The molecule has 29 heavy (non-hydrogen) atoms.